The maximum atomic E-state index is 5.63. The average Bonchev–Trinajstić information content (AvgIpc) is 2.90. The van der Waals surface area contributed by atoms with Crippen molar-refractivity contribution in [2.45, 2.75) is 52.0 Å². The highest BCUT2D eigenvalue weighted by Gasteiger charge is 2.20. The largest absolute Gasteiger partial charge is 0.496 e. The molecule has 100 valence electrons. The van der Waals surface area contributed by atoms with Gasteiger partial charge in [0.15, 0.2) is 0 Å². The zero-order valence-electron chi connectivity index (χ0n) is 12.0. The molecule has 1 atom stereocenters. The second kappa shape index (κ2) is 5.75. The van der Waals surface area contributed by atoms with Crippen LogP contribution in [-0.4, -0.2) is 13.7 Å². The zero-order valence-corrected chi connectivity index (χ0v) is 12.0. The number of aryl methyl sites for hydroxylation is 1. The topological polar surface area (TPSA) is 21.3 Å². The monoisotopic (exact) mass is 247 g/mol. The molecule has 1 aliphatic heterocycles. The summed E-state index contributed by atoms with van der Waals surface area (Å²) in [5, 5.41) is 3.59. The van der Waals surface area contributed by atoms with Crippen molar-refractivity contribution < 1.29 is 4.74 Å². The van der Waals surface area contributed by atoms with Crippen molar-refractivity contribution >= 4 is 0 Å². The van der Waals surface area contributed by atoms with Gasteiger partial charge in [0.2, 0.25) is 0 Å². The molecular formula is C16H25NO. The SMILES string of the molecule is CCc1cc(C2CCCN2)cc(C(C)C)c1OC. The predicted octanol–water partition coefficient (Wildman–Crippen LogP) is 3.81. The molecule has 0 bridgehead atoms. The van der Waals surface area contributed by atoms with E-state index in [1.165, 1.54) is 29.5 Å². The summed E-state index contributed by atoms with van der Waals surface area (Å²) in [5.41, 5.74) is 4.13. The van der Waals surface area contributed by atoms with Gasteiger partial charge in [-0.3, -0.25) is 0 Å². The predicted molar refractivity (Wildman–Crippen MR) is 76.4 cm³/mol. The van der Waals surface area contributed by atoms with Gasteiger partial charge in [-0.25, -0.2) is 0 Å². The van der Waals surface area contributed by atoms with Gasteiger partial charge < -0.3 is 10.1 Å². The molecule has 2 heteroatoms. The molecule has 2 rings (SSSR count). The molecule has 0 aliphatic carbocycles. The van der Waals surface area contributed by atoms with Crippen LogP contribution in [0.25, 0.3) is 0 Å². The third-order valence-corrected chi connectivity index (χ3v) is 3.89. The van der Waals surface area contributed by atoms with E-state index in [2.05, 4.69) is 38.2 Å². The first-order valence-corrected chi connectivity index (χ1v) is 7.11. The highest BCUT2D eigenvalue weighted by molar-refractivity contribution is 5.47. The Morgan fingerprint density at radius 1 is 1.39 bits per heavy atom. The minimum Gasteiger partial charge on any atom is -0.496 e. The molecule has 1 aliphatic rings. The molecular weight excluding hydrogens is 222 g/mol. The lowest BCUT2D eigenvalue weighted by Gasteiger charge is -2.20. The summed E-state index contributed by atoms with van der Waals surface area (Å²) in [6.45, 7) is 7.83. The van der Waals surface area contributed by atoms with Gasteiger partial charge >= 0.3 is 0 Å². The first-order chi connectivity index (χ1) is 8.67. The van der Waals surface area contributed by atoms with Crippen LogP contribution in [0.15, 0.2) is 12.1 Å². The van der Waals surface area contributed by atoms with Gasteiger partial charge in [0.05, 0.1) is 7.11 Å². The molecule has 1 N–H and O–H groups in total. The van der Waals surface area contributed by atoms with Gasteiger partial charge in [0.25, 0.3) is 0 Å². The standard InChI is InChI=1S/C16H25NO/c1-5-12-9-13(15-7-6-8-17-15)10-14(11(2)3)16(12)18-4/h9-11,15,17H,5-8H2,1-4H3. The van der Waals surface area contributed by atoms with Crippen LogP contribution in [0.4, 0.5) is 0 Å². The maximum Gasteiger partial charge on any atom is 0.125 e. The van der Waals surface area contributed by atoms with E-state index in [-0.39, 0.29) is 0 Å². The first-order valence-electron chi connectivity index (χ1n) is 7.11. The first kappa shape index (κ1) is 13.4. The van der Waals surface area contributed by atoms with E-state index in [0.29, 0.717) is 12.0 Å². The van der Waals surface area contributed by atoms with E-state index < -0.39 is 0 Å². The van der Waals surface area contributed by atoms with Crippen molar-refractivity contribution in [1.29, 1.82) is 0 Å². The number of benzene rings is 1. The van der Waals surface area contributed by atoms with Crippen LogP contribution in [-0.2, 0) is 6.42 Å². The van der Waals surface area contributed by atoms with Gasteiger partial charge in [0, 0.05) is 6.04 Å². The van der Waals surface area contributed by atoms with Crippen molar-refractivity contribution in [2.24, 2.45) is 0 Å². The summed E-state index contributed by atoms with van der Waals surface area (Å²) in [4.78, 5) is 0. The second-order valence-electron chi connectivity index (χ2n) is 5.46. The number of hydrogen-bond donors (Lipinski definition) is 1. The third kappa shape index (κ3) is 2.54. The van der Waals surface area contributed by atoms with Gasteiger partial charge in [-0.1, -0.05) is 32.9 Å². The summed E-state index contributed by atoms with van der Waals surface area (Å²) >= 11 is 0. The van der Waals surface area contributed by atoms with Crippen LogP contribution in [0.3, 0.4) is 0 Å². The minimum absolute atomic E-state index is 0.506. The van der Waals surface area contributed by atoms with Crippen molar-refractivity contribution in [3.63, 3.8) is 0 Å². The van der Waals surface area contributed by atoms with E-state index in [0.717, 1.165) is 18.7 Å². The zero-order chi connectivity index (χ0) is 13.1. The van der Waals surface area contributed by atoms with Crippen LogP contribution < -0.4 is 10.1 Å². The summed E-state index contributed by atoms with van der Waals surface area (Å²) in [5.74, 6) is 1.60. The Kier molecular flexibility index (Phi) is 4.28. The molecule has 0 radical (unpaired) electrons. The Hall–Kier alpha value is -1.02. The van der Waals surface area contributed by atoms with E-state index in [9.17, 15) is 0 Å². The van der Waals surface area contributed by atoms with Crippen LogP contribution >= 0.6 is 0 Å². The lowest BCUT2D eigenvalue weighted by molar-refractivity contribution is 0.402. The number of nitrogens with one attached hydrogen (secondary N) is 1. The molecule has 18 heavy (non-hydrogen) atoms. The third-order valence-electron chi connectivity index (χ3n) is 3.89. The highest BCUT2D eigenvalue weighted by atomic mass is 16.5. The summed E-state index contributed by atoms with van der Waals surface area (Å²) in [6.07, 6.45) is 3.58. The smallest absolute Gasteiger partial charge is 0.125 e. The van der Waals surface area contributed by atoms with Gasteiger partial charge in [-0.15, -0.1) is 0 Å². The highest BCUT2D eigenvalue weighted by Crippen LogP contribution is 2.35. The second-order valence-corrected chi connectivity index (χ2v) is 5.46. The van der Waals surface area contributed by atoms with Gasteiger partial charge in [-0.2, -0.15) is 0 Å². The fourth-order valence-electron chi connectivity index (χ4n) is 2.85. The summed E-state index contributed by atoms with van der Waals surface area (Å²) < 4.78 is 5.63. The van der Waals surface area contributed by atoms with Crippen molar-refractivity contribution in [3.8, 4) is 5.75 Å². The van der Waals surface area contributed by atoms with Crippen molar-refractivity contribution in [2.75, 3.05) is 13.7 Å². The molecule has 1 saturated heterocycles. The Balaban J connectivity index is 2.45. The van der Waals surface area contributed by atoms with Gasteiger partial charge in [-0.05, 0) is 48.4 Å². The van der Waals surface area contributed by atoms with Crippen LogP contribution in [0.5, 0.6) is 5.75 Å². The Morgan fingerprint density at radius 2 is 2.17 bits per heavy atom. The van der Waals surface area contributed by atoms with E-state index >= 15 is 0 Å². The number of ether oxygens (including phenoxy) is 1. The number of hydrogen-bond acceptors (Lipinski definition) is 2. The van der Waals surface area contributed by atoms with Crippen molar-refractivity contribution in [3.05, 3.63) is 28.8 Å². The Morgan fingerprint density at radius 3 is 2.67 bits per heavy atom. The molecule has 1 heterocycles. The maximum absolute atomic E-state index is 5.63. The fraction of sp³-hybridized carbons (Fsp3) is 0.625. The molecule has 0 saturated carbocycles. The number of rotatable bonds is 4. The van der Waals surface area contributed by atoms with Crippen LogP contribution in [0, 0.1) is 0 Å². The summed E-state index contributed by atoms with van der Waals surface area (Å²) in [7, 11) is 1.79. The molecule has 1 unspecified atom stereocenters. The molecule has 1 aromatic rings. The van der Waals surface area contributed by atoms with Crippen LogP contribution in [0.1, 0.15) is 62.3 Å². The Labute approximate surface area is 111 Å². The fourth-order valence-corrected chi connectivity index (χ4v) is 2.85. The van der Waals surface area contributed by atoms with Crippen LogP contribution in [0.2, 0.25) is 0 Å². The van der Waals surface area contributed by atoms with E-state index in [1.54, 1.807) is 7.11 Å². The van der Waals surface area contributed by atoms with Crippen molar-refractivity contribution in [1.82, 2.24) is 5.32 Å². The van der Waals surface area contributed by atoms with Gasteiger partial charge in [0.1, 0.15) is 5.75 Å². The Bertz CT molecular complexity index is 406. The molecule has 2 nitrogen and oxygen atoms in total. The minimum atomic E-state index is 0.506. The normalized spacial score (nSPS) is 19.5. The molecule has 0 aromatic heterocycles. The summed E-state index contributed by atoms with van der Waals surface area (Å²) in [6, 6.07) is 5.21. The molecule has 0 amide bonds. The van der Waals surface area contributed by atoms with E-state index in [1.807, 2.05) is 0 Å². The number of methoxy groups -OCH3 is 1. The lowest BCUT2D eigenvalue weighted by atomic mass is 9.92. The average molecular weight is 247 g/mol. The quantitative estimate of drug-likeness (QED) is 0.873. The molecule has 1 fully saturated rings. The van der Waals surface area contributed by atoms with E-state index in [4.69, 9.17) is 4.74 Å². The molecule has 0 spiro atoms. The lowest BCUT2D eigenvalue weighted by Crippen LogP contribution is -2.14. The molecule has 1 aromatic carbocycles.